The van der Waals surface area contributed by atoms with Crippen molar-refractivity contribution in [2.24, 2.45) is 0 Å². The number of aliphatic hydroxyl groups is 8. The van der Waals surface area contributed by atoms with E-state index in [1.165, 1.54) is 0 Å². The minimum absolute atomic E-state index is 0.0922. The van der Waals surface area contributed by atoms with Gasteiger partial charge in [-0.05, 0) is 44.9 Å². The molecule has 17 nitrogen and oxygen atoms in total. The summed E-state index contributed by atoms with van der Waals surface area (Å²) in [6, 6.07) is -0.641. The molecule has 0 aromatic heterocycles. The van der Waals surface area contributed by atoms with Crippen LogP contribution in [-0.2, 0) is 33.3 Å². The second-order valence-corrected chi connectivity index (χ2v) is 11.8. The van der Waals surface area contributed by atoms with Crippen molar-refractivity contribution in [3.8, 4) is 0 Å². The number of aliphatic hydroxyl groups excluding tert-OH is 8. The summed E-state index contributed by atoms with van der Waals surface area (Å²) >= 11 is 0. The quantitative estimate of drug-likeness (QED) is 0.0501. The molecule has 2 amide bonds. The summed E-state index contributed by atoms with van der Waals surface area (Å²) in [7, 11) is 0. The number of unbranched alkanes of at least 4 members (excludes halogenated alkanes) is 3. The Kier molecular flexibility index (Phi) is 19.3. The van der Waals surface area contributed by atoms with Crippen LogP contribution in [0.2, 0.25) is 0 Å². The number of ketones is 1. The van der Waals surface area contributed by atoms with Crippen LogP contribution in [0.1, 0.15) is 71.1 Å². The number of carbonyl (C=O) groups is 3. The van der Waals surface area contributed by atoms with Gasteiger partial charge in [0.25, 0.3) is 0 Å². The smallest absolute Gasteiger partial charge is 0.220 e. The van der Waals surface area contributed by atoms with E-state index in [4.69, 9.17) is 18.9 Å². The van der Waals surface area contributed by atoms with Crippen LogP contribution in [0.25, 0.3) is 0 Å². The number of ether oxygens (including phenoxy) is 4. The van der Waals surface area contributed by atoms with Crippen LogP contribution in [0.4, 0.5) is 0 Å². The highest BCUT2D eigenvalue weighted by molar-refractivity contribution is 5.88. The second-order valence-electron chi connectivity index (χ2n) is 11.8. The molecular formula is C30H54N2O15. The van der Waals surface area contributed by atoms with Gasteiger partial charge >= 0.3 is 0 Å². The van der Waals surface area contributed by atoms with Gasteiger partial charge in [0, 0.05) is 39.0 Å². The molecule has 10 N–H and O–H groups in total. The van der Waals surface area contributed by atoms with Gasteiger partial charge in [-0.15, -0.1) is 0 Å². The molecule has 2 fully saturated rings. The lowest BCUT2D eigenvalue weighted by Gasteiger charge is -2.39. The summed E-state index contributed by atoms with van der Waals surface area (Å²) < 4.78 is 21.4. The van der Waals surface area contributed by atoms with E-state index in [0.29, 0.717) is 51.5 Å². The summed E-state index contributed by atoms with van der Waals surface area (Å²) in [4.78, 5) is 37.0. The number of carbonyl (C=O) groups excluding carboxylic acids is 3. The van der Waals surface area contributed by atoms with E-state index in [2.05, 4.69) is 10.6 Å². The molecule has 47 heavy (non-hydrogen) atoms. The largest absolute Gasteiger partial charge is 0.394 e. The number of amides is 2. The normalized spacial score (nSPS) is 31.7. The molecule has 11 atom stereocenters. The number of Topliss-reactive ketones (excluding diaryl/α,β-unsaturated/α-hetero) is 1. The molecule has 2 aliphatic rings. The van der Waals surface area contributed by atoms with E-state index < -0.39 is 80.7 Å². The lowest BCUT2D eigenvalue weighted by molar-refractivity contribution is -0.301. The highest BCUT2D eigenvalue weighted by atomic mass is 16.7. The highest BCUT2D eigenvalue weighted by Gasteiger charge is 2.45. The minimum Gasteiger partial charge on any atom is -0.394 e. The van der Waals surface area contributed by atoms with Gasteiger partial charge in [0.1, 0.15) is 48.8 Å². The standard InChI is InChI=1S/C30H54N2O15/c1-2-18(35)17(32-22(37)11-5-8-14-45-30-28(43)26(41)24(39)20(16-34)47-30)9-3-6-12-31-21(36)10-4-7-13-44-29-27(42)25(40)23(38)19(15-33)46-29/h17,19-20,23-30,33-34,38-43H,2-16H2,1H3,(H,31,36)(H,32,37). The Morgan fingerprint density at radius 3 is 1.62 bits per heavy atom. The van der Waals surface area contributed by atoms with Crippen LogP contribution in [0, 0.1) is 0 Å². The molecule has 0 radical (unpaired) electrons. The van der Waals surface area contributed by atoms with Crippen LogP contribution >= 0.6 is 0 Å². The maximum Gasteiger partial charge on any atom is 0.220 e. The zero-order valence-corrected chi connectivity index (χ0v) is 26.9. The molecule has 2 saturated heterocycles. The van der Waals surface area contributed by atoms with Crippen LogP contribution in [0.3, 0.4) is 0 Å². The number of hydrogen-bond donors (Lipinski definition) is 10. The van der Waals surface area contributed by atoms with Gasteiger partial charge in [0.15, 0.2) is 18.4 Å². The molecule has 0 bridgehead atoms. The molecular weight excluding hydrogens is 628 g/mol. The summed E-state index contributed by atoms with van der Waals surface area (Å²) in [6.45, 7) is 1.23. The van der Waals surface area contributed by atoms with Crippen molar-refractivity contribution in [2.45, 2.75) is 139 Å². The fourth-order valence-electron chi connectivity index (χ4n) is 5.20. The molecule has 11 unspecified atom stereocenters. The van der Waals surface area contributed by atoms with Gasteiger partial charge in [0.2, 0.25) is 11.8 Å². The second kappa shape index (κ2) is 22.0. The monoisotopic (exact) mass is 682 g/mol. The third-order valence-electron chi connectivity index (χ3n) is 8.17. The molecule has 0 aliphatic carbocycles. The van der Waals surface area contributed by atoms with Crippen LogP contribution in [0.15, 0.2) is 0 Å². The predicted octanol–water partition coefficient (Wildman–Crippen LogP) is -3.29. The van der Waals surface area contributed by atoms with Gasteiger partial charge in [-0.3, -0.25) is 14.4 Å². The van der Waals surface area contributed by atoms with Crippen molar-refractivity contribution in [1.29, 1.82) is 0 Å². The number of nitrogens with one attached hydrogen (secondary N) is 2. The summed E-state index contributed by atoms with van der Waals surface area (Å²) in [5.74, 6) is -0.560. The first-order valence-electron chi connectivity index (χ1n) is 16.4. The van der Waals surface area contributed by atoms with Gasteiger partial charge < -0.3 is 70.4 Å². The third-order valence-corrected chi connectivity index (χ3v) is 8.17. The van der Waals surface area contributed by atoms with Gasteiger partial charge in [-0.25, -0.2) is 0 Å². The predicted molar refractivity (Wildman–Crippen MR) is 161 cm³/mol. The molecule has 2 aliphatic heterocycles. The Labute approximate surface area is 274 Å². The fraction of sp³-hybridized carbons (Fsp3) is 0.900. The van der Waals surface area contributed by atoms with E-state index in [1.54, 1.807) is 6.92 Å². The van der Waals surface area contributed by atoms with Crippen LogP contribution < -0.4 is 10.6 Å². The van der Waals surface area contributed by atoms with Gasteiger partial charge in [-0.2, -0.15) is 0 Å². The average Bonchev–Trinajstić information content (AvgIpc) is 3.06. The Balaban J connectivity index is 1.55. The van der Waals surface area contributed by atoms with E-state index in [1.807, 2.05) is 0 Å². The van der Waals surface area contributed by atoms with Gasteiger partial charge in [-0.1, -0.05) is 6.92 Å². The molecule has 17 heteroatoms. The van der Waals surface area contributed by atoms with Crippen LogP contribution in [-0.4, -0.2) is 159 Å². The van der Waals surface area contributed by atoms with Crippen molar-refractivity contribution in [2.75, 3.05) is 33.0 Å². The lowest BCUT2D eigenvalue weighted by atomic mass is 9.99. The SMILES string of the molecule is CCC(=O)C(CCCCNC(=O)CCCCOC1OC(CO)C(O)C(O)C1O)NC(=O)CCCCOC1OC(CO)C(O)C(O)C1O. The first-order chi connectivity index (χ1) is 22.4. The summed E-state index contributed by atoms with van der Waals surface area (Å²) in [6.07, 6.45) is -9.48. The lowest BCUT2D eigenvalue weighted by Crippen LogP contribution is -2.59. The van der Waals surface area contributed by atoms with E-state index in [-0.39, 0.29) is 50.1 Å². The fourth-order valence-corrected chi connectivity index (χ4v) is 5.20. The maximum absolute atomic E-state index is 12.5. The average molecular weight is 683 g/mol. The van der Waals surface area contributed by atoms with Crippen LogP contribution in [0.5, 0.6) is 0 Å². The molecule has 0 aromatic carbocycles. The zero-order valence-electron chi connectivity index (χ0n) is 26.9. The Bertz CT molecular complexity index is 926. The molecule has 2 heterocycles. The highest BCUT2D eigenvalue weighted by Crippen LogP contribution is 2.23. The summed E-state index contributed by atoms with van der Waals surface area (Å²) in [5.41, 5.74) is 0. The maximum atomic E-state index is 12.5. The Morgan fingerprint density at radius 1 is 0.660 bits per heavy atom. The third kappa shape index (κ3) is 13.5. The number of hydrogen-bond acceptors (Lipinski definition) is 15. The van der Waals surface area contributed by atoms with Gasteiger partial charge in [0.05, 0.1) is 19.3 Å². The minimum atomic E-state index is -1.53. The first-order valence-corrected chi connectivity index (χ1v) is 16.4. The van der Waals surface area contributed by atoms with Crippen molar-refractivity contribution in [1.82, 2.24) is 10.6 Å². The van der Waals surface area contributed by atoms with E-state index >= 15 is 0 Å². The summed E-state index contributed by atoms with van der Waals surface area (Å²) in [5, 5.41) is 83.3. The number of rotatable bonds is 22. The Hall–Kier alpha value is -1.87. The van der Waals surface area contributed by atoms with Crippen molar-refractivity contribution >= 4 is 17.6 Å². The van der Waals surface area contributed by atoms with E-state index in [9.17, 15) is 55.2 Å². The van der Waals surface area contributed by atoms with Crippen molar-refractivity contribution in [3.63, 3.8) is 0 Å². The Morgan fingerprint density at radius 2 is 1.15 bits per heavy atom. The van der Waals surface area contributed by atoms with E-state index in [0.717, 1.165) is 0 Å². The van der Waals surface area contributed by atoms with Crippen molar-refractivity contribution < 1.29 is 74.2 Å². The molecule has 2 rings (SSSR count). The molecule has 0 aromatic rings. The molecule has 0 spiro atoms. The zero-order chi connectivity index (χ0) is 34.9. The molecule has 274 valence electrons. The topological polar surface area (TPSA) is 274 Å². The first kappa shape index (κ1) is 41.3. The van der Waals surface area contributed by atoms with Crippen molar-refractivity contribution in [3.05, 3.63) is 0 Å². The molecule has 0 saturated carbocycles.